The zero-order valence-corrected chi connectivity index (χ0v) is 16.2. The van der Waals surface area contributed by atoms with Crippen molar-refractivity contribution < 1.29 is 19.1 Å². The van der Waals surface area contributed by atoms with Crippen molar-refractivity contribution in [2.45, 2.75) is 6.92 Å². The largest absolute Gasteiger partial charge is 0.493 e. The molecule has 0 unspecified atom stereocenters. The molecule has 144 valence electrons. The summed E-state index contributed by atoms with van der Waals surface area (Å²) in [6.07, 6.45) is 1.62. The van der Waals surface area contributed by atoms with Gasteiger partial charge in [-0.25, -0.2) is 4.98 Å². The first-order chi connectivity index (χ1) is 13.5. The van der Waals surface area contributed by atoms with Gasteiger partial charge >= 0.3 is 0 Å². The minimum Gasteiger partial charge on any atom is -0.493 e. The lowest BCUT2D eigenvalue weighted by molar-refractivity contribution is -0.118. The number of hydrogen-bond acceptors (Lipinski definition) is 6. The Hall–Kier alpha value is -3.39. The number of thiazole rings is 1. The molecule has 8 heteroatoms. The number of aromatic nitrogens is 1. The summed E-state index contributed by atoms with van der Waals surface area (Å²) < 4.78 is 10.8. The van der Waals surface area contributed by atoms with E-state index in [2.05, 4.69) is 15.6 Å². The molecule has 0 aliphatic carbocycles. The minimum atomic E-state index is -0.317. The van der Waals surface area contributed by atoms with Crippen molar-refractivity contribution in [2.75, 3.05) is 24.4 Å². The summed E-state index contributed by atoms with van der Waals surface area (Å²) in [5, 5.41) is 7.74. The Kier molecular flexibility index (Phi) is 6.23. The molecule has 0 fully saturated rings. The first-order valence-corrected chi connectivity index (χ1v) is 9.31. The smallest absolute Gasteiger partial charge is 0.262 e. The third kappa shape index (κ3) is 5.08. The van der Waals surface area contributed by atoms with Crippen LogP contribution in [0.4, 0.5) is 10.8 Å². The number of nitrogens with one attached hydrogen (secondary N) is 2. The van der Waals surface area contributed by atoms with Crippen LogP contribution in [-0.2, 0) is 4.79 Å². The second-order valence-electron chi connectivity index (χ2n) is 5.86. The van der Waals surface area contributed by atoms with E-state index < -0.39 is 0 Å². The first kappa shape index (κ1) is 19.4. The van der Waals surface area contributed by atoms with Crippen molar-refractivity contribution in [2.24, 2.45) is 0 Å². The fourth-order valence-corrected chi connectivity index (χ4v) is 2.92. The molecule has 0 aliphatic rings. The monoisotopic (exact) mass is 397 g/mol. The number of carbonyl (C=O) groups excluding carboxylic acids is 2. The predicted octanol–water partition coefficient (Wildman–Crippen LogP) is 3.73. The molecule has 3 aromatic rings. The van der Waals surface area contributed by atoms with Gasteiger partial charge in [0.05, 0.1) is 7.11 Å². The number of ether oxygens (including phenoxy) is 2. The van der Waals surface area contributed by atoms with Crippen molar-refractivity contribution in [1.29, 1.82) is 0 Å². The topological polar surface area (TPSA) is 89.5 Å². The van der Waals surface area contributed by atoms with Crippen molar-refractivity contribution in [1.82, 2.24) is 4.98 Å². The molecule has 2 N–H and O–H groups in total. The van der Waals surface area contributed by atoms with E-state index in [0.29, 0.717) is 27.9 Å². The van der Waals surface area contributed by atoms with E-state index in [0.717, 1.165) is 5.56 Å². The Morgan fingerprint density at radius 2 is 1.86 bits per heavy atom. The molecule has 3 rings (SSSR count). The number of nitrogens with zero attached hydrogens (tertiary/aromatic N) is 1. The standard InChI is InChI=1S/C20H19N3O4S/c1-13-3-8-16(17(11-13)26-2)27-12-18(24)22-15-6-4-14(5-7-15)19(25)23-20-21-9-10-28-20/h3-11H,12H2,1-2H3,(H,22,24)(H,21,23,25). The highest BCUT2D eigenvalue weighted by Crippen LogP contribution is 2.27. The van der Waals surface area contributed by atoms with Crippen LogP contribution in [0.3, 0.4) is 0 Å². The summed E-state index contributed by atoms with van der Waals surface area (Å²) in [7, 11) is 1.55. The van der Waals surface area contributed by atoms with Crippen LogP contribution in [0.1, 0.15) is 15.9 Å². The van der Waals surface area contributed by atoms with Gasteiger partial charge in [-0.15, -0.1) is 11.3 Å². The van der Waals surface area contributed by atoms with Gasteiger partial charge in [-0.2, -0.15) is 0 Å². The molecule has 0 spiro atoms. The van der Waals surface area contributed by atoms with Crippen molar-refractivity contribution >= 4 is 34.0 Å². The normalized spacial score (nSPS) is 10.2. The lowest BCUT2D eigenvalue weighted by Crippen LogP contribution is -2.20. The van der Waals surface area contributed by atoms with Crippen molar-refractivity contribution in [3.05, 3.63) is 65.2 Å². The van der Waals surface area contributed by atoms with Crippen LogP contribution in [0.5, 0.6) is 11.5 Å². The highest BCUT2D eigenvalue weighted by atomic mass is 32.1. The van der Waals surface area contributed by atoms with Gasteiger partial charge in [-0.05, 0) is 48.9 Å². The Bertz CT molecular complexity index is 956. The highest BCUT2D eigenvalue weighted by Gasteiger charge is 2.10. The summed E-state index contributed by atoms with van der Waals surface area (Å²) in [5.41, 5.74) is 2.07. The lowest BCUT2D eigenvalue weighted by atomic mass is 10.2. The molecule has 2 amide bonds. The average Bonchev–Trinajstić information content (AvgIpc) is 3.20. The maximum atomic E-state index is 12.1. The van der Waals surface area contributed by atoms with E-state index in [9.17, 15) is 9.59 Å². The Morgan fingerprint density at radius 3 is 2.54 bits per heavy atom. The predicted molar refractivity (Wildman–Crippen MR) is 108 cm³/mol. The van der Waals surface area contributed by atoms with E-state index >= 15 is 0 Å². The molecular weight excluding hydrogens is 378 g/mol. The Labute approximate surface area is 166 Å². The quantitative estimate of drug-likeness (QED) is 0.634. The fraction of sp³-hybridized carbons (Fsp3) is 0.150. The van der Waals surface area contributed by atoms with Gasteiger partial charge in [0.2, 0.25) is 0 Å². The third-order valence-corrected chi connectivity index (χ3v) is 4.45. The zero-order valence-electron chi connectivity index (χ0n) is 15.4. The lowest BCUT2D eigenvalue weighted by Gasteiger charge is -2.11. The van der Waals surface area contributed by atoms with Crippen LogP contribution in [0, 0.1) is 6.92 Å². The zero-order chi connectivity index (χ0) is 19.9. The fourth-order valence-electron chi connectivity index (χ4n) is 2.39. The van der Waals surface area contributed by atoms with E-state index in [1.807, 2.05) is 19.1 Å². The maximum Gasteiger partial charge on any atom is 0.262 e. The van der Waals surface area contributed by atoms with E-state index in [-0.39, 0.29) is 18.4 Å². The van der Waals surface area contributed by atoms with Crippen LogP contribution >= 0.6 is 11.3 Å². The molecule has 0 radical (unpaired) electrons. The molecule has 0 bridgehead atoms. The molecule has 1 aromatic heterocycles. The number of aryl methyl sites for hydroxylation is 1. The van der Waals surface area contributed by atoms with Crippen LogP contribution < -0.4 is 20.1 Å². The number of rotatable bonds is 7. The number of methoxy groups -OCH3 is 1. The minimum absolute atomic E-state index is 0.161. The molecule has 2 aromatic carbocycles. The SMILES string of the molecule is COc1cc(C)ccc1OCC(=O)Nc1ccc(C(=O)Nc2nccs2)cc1. The molecule has 0 aliphatic heterocycles. The summed E-state index contributed by atoms with van der Waals surface area (Å²) in [5.74, 6) is 0.492. The van der Waals surface area contributed by atoms with E-state index in [1.165, 1.54) is 11.3 Å². The van der Waals surface area contributed by atoms with Gasteiger partial charge in [0.25, 0.3) is 11.8 Å². The van der Waals surface area contributed by atoms with E-state index in [1.54, 1.807) is 49.0 Å². The molecule has 0 saturated carbocycles. The molecule has 28 heavy (non-hydrogen) atoms. The summed E-state index contributed by atoms with van der Waals surface area (Å²) in [6, 6.07) is 12.0. The van der Waals surface area contributed by atoms with E-state index in [4.69, 9.17) is 9.47 Å². The van der Waals surface area contributed by atoms with Gasteiger partial charge in [-0.3, -0.25) is 14.9 Å². The maximum absolute atomic E-state index is 12.1. The van der Waals surface area contributed by atoms with Crippen LogP contribution in [-0.4, -0.2) is 30.5 Å². The Balaban J connectivity index is 1.53. The molecule has 1 heterocycles. The first-order valence-electron chi connectivity index (χ1n) is 8.43. The van der Waals surface area contributed by atoms with Gasteiger partial charge in [0.1, 0.15) is 0 Å². The number of carbonyl (C=O) groups is 2. The third-order valence-electron chi connectivity index (χ3n) is 3.76. The van der Waals surface area contributed by atoms with Gasteiger partial charge in [0.15, 0.2) is 23.2 Å². The molecule has 0 saturated heterocycles. The van der Waals surface area contributed by atoms with Crippen LogP contribution in [0.25, 0.3) is 0 Å². The van der Waals surface area contributed by atoms with Gasteiger partial charge < -0.3 is 14.8 Å². The average molecular weight is 397 g/mol. The van der Waals surface area contributed by atoms with Crippen LogP contribution in [0.15, 0.2) is 54.0 Å². The molecule has 7 nitrogen and oxygen atoms in total. The summed E-state index contributed by atoms with van der Waals surface area (Å²) >= 11 is 1.34. The number of benzene rings is 2. The van der Waals surface area contributed by atoms with Crippen molar-refractivity contribution in [3.63, 3.8) is 0 Å². The highest BCUT2D eigenvalue weighted by molar-refractivity contribution is 7.13. The van der Waals surface area contributed by atoms with Crippen molar-refractivity contribution in [3.8, 4) is 11.5 Å². The van der Waals surface area contributed by atoms with Gasteiger partial charge in [0, 0.05) is 22.8 Å². The Morgan fingerprint density at radius 1 is 1.07 bits per heavy atom. The van der Waals surface area contributed by atoms with Gasteiger partial charge in [-0.1, -0.05) is 6.07 Å². The summed E-state index contributed by atoms with van der Waals surface area (Å²) in [4.78, 5) is 28.3. The second kappa shape index (κ2) is 9.01. The molecule has 0 atom stereocenters. The number of amides is 2. The summed E-state index contributed by atoms with van der Waals surface area (Å²) in [6.45, 7) is 1.78. The second-order valence-corrected chi connectivity index (χ2v) is 6.75. The molecular formula is C20H19N3O4S. The number of hydrogen-bond donors (Lipinski definition) is 2. The van der Waals surface area contributed by atoms with Crippen LogP contribution in [0.2, 0.25) is 0 Å². The number of anilines is 2.